The van der Waals surface area contributed by atoms with Crippen LogP contribution in [0.4, 0.5) is 4.79 Å². The van der Waals surface area contributed by atoms with E-state index in [2.05, 4.69) is 25.0 Å². The zero-order valence-electron chi connectivity index (χ0n) is 20.0. The fraction of sp³-hybridized carbons (Fsp3) is 0.727. The minimum absolute atomic E-state index is 0.111. The minimum Gasteiger partial charge on any atom is -0.474 e. The minimum atomic E-state index is -1.89. The van der Waals surface area contributed by atoms with Crippen LogP contribution in [0.1, 0.15) is 60.1 Å². The number of hydrogen-bond donors (Lipinski definition) is 2. The van der Waals surface area contributed by atoms with Gasteiger partial charge < -0.3 is 24.5 Å². The van der Waals surface area contributed by atoms with Crippen LogP contribution < -0.4 is 10.7 Å². The Kier molecular flexibility index (Phi) is 6.55. The Morgan fingerprint density at radius 2 is 1.83 bits per heavy atom. The fourth-order valence-corrected chi connectivity index (χ4v) is 5.66. The first-order chi connectivity index (χ1) is 13.5. The Hall–Kier alpha value is -1.80. The van der Waals surface area contributed by atoms with Gasteiger partial charge in [-0.25, -0.2) is 4.79 Å². The lowest BCUT2D eigenvalue weighted by Crippen LogP contribution is -2.82. The molecular weight excluding hydrogens is 400 g/mol. The number of carbonyl (C=O) groups is 2. The number of alkyl carbamates (subject to hydrolysis) is 1. The van der Waals surface area contributed by atoms with Crippen molar-refractivity contribution in [3.05, 3.63) is 17.9 Å². The lowest BCUT2D eigenvalue weighted by atomic mass is 9.68. The topological polar surface area (TPSA) is 92.0 Å². The van der Waals surface area contributed by atoms with E-state index in [0.717, 1.165) is 10.9 Å². The quantitative estimate of drug-likeness (QED) is 0.525. The van der Waals surface area contributed by atoms with Gasteiger partial charge in [0.2, 0.25) is 0 Å². The van der Waals surface area contributed by atoms with Crippen molar-refractivity contribution >= 4 is 25.5 Å². The van der Waals surface area contributed by atoms with Gasteiger partial charge in [0.1, 0.15) is 13.7 Å². The molecule has 0 aromatic carbocycles. The number of aliphatic hydroxyl groups excluding tert-OH is 1. The molecule has 0 aliphatic carbocycles. The predicted octanol–water partition coefficient (Wildman–Crippen LogP) is 3.40. The molecule has 1 fully saturated rings. The average Bonchev–Trinajstić information content (AvgIpc) is 3.03. The van der Waals surface area contributed by atoms with E-state index < -0.39 is 37.5 Å². The molecule has 2 rings (SSSR count). The molecule has 0 radical (unpaired) electrons. The number of ether oxygens (including phenoxy) is 1. The lowest BCUT2D eigenvalue weighted by molar-refractivity contribution is -0.182. The molecule has 0 bridgehead atoms. The summed E-state index contributed by atoms with van der Waals surface area (Å²) in [6, 6.07) is 1.20. The first kappa shape index (κ1) is 24.5. The Labute approximate surface area is 181 Å². The second kappa shape index (κ2) is 8.03. The van der Waals surface area contributed by atoms with Crippen LogP contribution in [0.25, 0.3) is 0 Å². The highest BCUT2D eigenvalue weighted by molar-refractivity contribution is 6.88. The molecule has 30 heavy (non-hydrogen) atoms. The van der Waals surface area contributed by atoms with Gasteiger partial charge in [0.15, 0.2) is 5.54 Å². The highest BCUT2D eigenvalue weighted by Crippen LogP contribution is 2.48. The van der Waals surface area contributed by atoms with Crippen molar-refractivity contribution in [2.75, 3.05) is 0 Å². The van der Waals surface area contributed by atoms with Crippen molar-refractivity contribution in [1.29, 1.82) is 0 Å². The molecule has 0 saturated carbocycles. The summed E-state index contributed by atoms with van der Waals surface area (Å²) in [7, 11) is -1.89. The highest BCUT2D eigenvalue weighted by Gasteiger charge is 2.68. The Morgan fingerprint density at radius 3 is 2.27 bits per heavy atom. The second-order valence-corrected chi connectivity index (χ2v) is 15.8. The van der Waals surface area contributed by atoms with Gasteiger partial charge >= 0.3 is 6.09 Å². The first-order valence-electron chi connectivity index (χ1n) is 10.6. The van der Waals surface area contributed by atoms with Crippen molar-refractivity contribution in [1.82, 2.24) is 10.2 Å². The van der Waals surface area contributed by atoms with Crippen molar-refractivity contribution in [3.8, 4) is 0 Å². The van der Waals surface area contributed by atoms with E-state index in [9.17, 15) is 14.7 Å². The number of likely N-dealkylation sites (tertiary alicyclic amines) is 1. The standard InChI is InChI=1S/C22H38N2O5Si/c1-13(2)17(25)22(23-20(27)29-21(5,6)7)16(24(14(3)4)19(22)26)15-11-12-28-18(15)30(8,9)10/h11-14,16-17,25H,1-10H3,(H,23,27)/t16-,17-,22-/m0/s1. The number of nitrogens with zero attached hydrogens (tertiary/aromatic N) is 1. The monoisotopic (exact) mass is 438 g/mol. The summed E-state index contributed by atoms with van der Waals surface area (Å²) in [4.78, 5) is 28.0. The number of carbonyl (C=O) groups excluding carboxylic acids is 2. The van der Waals surface area contributed by atoms with Crippen LogP contribution in [0.5, 0.6) is 0 Å². The third-order valence-electron chi connectivity index (χ3n) is 5.33. The van der Waals surface area contributed by atoms with E-state index in [1.807, 2.05) is 33.8 Å². The normalized spacial score (nSPS) is 23.6. The van der Waals surface area contributed by atoms with Crippen LogP contribution in [-0.4, -0.2) is 53.4 Å². The summed E-state index contributed by atoms with van der Waals surface area (Å²) < 4.78 is 11.3. The number of aliphatic hydroxyl groups is 1. The van der Waals surface area contributed by atoms with Crippen LogP contribution in [0, 0.1) is 5.92 Å². The summed E-state index contributed by atoms with van der Waals surface area (Å²) in [6.45, 7) is 19.3. The lowest BCUT2D eigenvalue weighted by Gasteiger charge is -2.60. The van der Waals surface area contributed by atoms with Crippen molar-refractivity contribution in [2.24, 2.45) is 5.92 Å². The number of β-lactam (4-membered cyclic amide) rings is 1. The molecule has 2 amide bonds. The molecule has 1 aromatic rings. The Bertz CT molecular complexity index is 790. The molecule has 7 nitrogen and oxygen atoms in total. The largest absolute Gasteiger partial charge is 0.474 e. The summed E-state index contributed by atoms with van der Waals surface area (Å²) in [6.07, 6.45) is -0.187. The number of furan rings is 1. The van der Waals surface area contributed by atoms with Gasteiger partial charge in [-0.05, 0) is 46.6 Å². The van der Waals surface area contributed by atoms with E-state index in [1.165, 1.54) is 0 Å². The summed E-state index contributed by atoms with van der Waals surface area (Å²) in [5.74, 6) is -0.569. The summed E-state index contributed by atoms with van der Waals surface area (Å²) in [5, 5.41) is 14.9. The van der Waals surface area contributed by atoms with Gasteiger partial charge in [0.05, 0.1) is 23.8 Å². The molecule has 1 aliphatic rings. The Balaban J connectivity index is 2.65. The molecule has 8 heteroatoms. The molecule has 0 unspecified atom stereocenters. The van der Waals surface area contributed by atoms with E-state index >= 15 is 0 Å². The second-order valence-electron chi connectivity index (χ2n) is 10.8. The van der Waals surface area contributed by atoms with E-state index in [-0.39, 0.29) is 17.9 Å². The van der Waals surface area contributed by atoms with Crippen molar-refractivity contribution < 1.29 is 23.8 Å². The average molecular weight is 439 g/mol. The number of amides is 2. The van der Waals surface area contributed by atoms with E-state index in [4.69, 9.17) is 9.15 Å². The van der Waals surface area contributed by atoms with E-state index in [1.54, 1.807) is 31.9 Å². The summed E-state index contributed by atoms with van der Waals surface area (Å²) in [5.41, 5.74) is -1.40. The van der Waals surface area contributed by atoms with Crippen molar-refractivity contribution in [3.63, 3.8) is 0 Å². The highest BCUT2D eigenvalue weighted by atomic mass is 28.3. The zero-order valence-corrected chi connectivity index (χ0v) is 21.0. The van der Waals surface area contributed by atoms with Gasteiger partial charge in [-0.15, -0.1) is 0 Å². The summed E-state index contributed by atoms with van der Waals surface area (Å²) >= 11 is 0. The van der Waals surface area contributed by atoms with Crippen LogP contribution in [0.2, 0.25) is 19.6 Å². The van der Waals surface area contributed by atoms with Crippen molar-refractivity contribution in [2.45, 2.75) is 97.4 Å². The zero-order chi connectivity index (χ0) is 23.2. The maximum atomic E-state index is 13.5. The number of nitrogens with one attached hydrogen (secondary N) is 1. The third kappa shape index (κ3) is 4.30. The number of rotatable bonds is 6. The number of hydrogen-bond acceptors (Lipinski definition) is 5. The van der Waals surface area contributed by atoms with Crippen LogP contribution in [-0.2, 0) is 9.53 Å². The van der Waals surface area contributed by atoms with Gasteiger partial charge in [0.25, 0.3) is 5.91 Å². The van der Waals surface area contributed by atoms with Crippen LogP contribution in [0.3, 0.4) is 0 Å². The first-order valence-corrected chi connectivity index (χ1v) is 14.1. The van der Waals surface area contributed by atoms with Gasteiger partial charge in [-0.1, -0.05) is 33.5 Å². The molecule has 170 valence electrons. The third-order valence-corrected chi connectivity index (χ3v) is 7.10. The fourth-order valence-electron chi connectivity index (χ4n) is 4.16. The maximum Gasteiger partial charge on any atom is 0.408 e. The Morgan fingerprint density at radius 1 is 1.27 bits per heavy atom. The van der Waals surface area contributed by atoms with Crippen LogP contribution >= 0.6 is 0 Å². The van der Waals surface area contributed by atoms with E-state index in [0.29, 0.717) is 0 Å². The van der Waals surface area contributed by atoms with Gasteiger partial charge in [-0.2, -0.15) is 0 Å². The SMILES string of the molecule is CC(C)[C@H](O)[C@]1(NC(=O)OC(C)(C)C)C(=O)N(C(C)C)[C@H]1c1ccoc1[Si](C)(C)C. The molecule has 1 aliphatic heterocycles. The molecule has 1 aromatic heterocycles. The van der Waals surface area contributed by atoms with Gasteiger partial charge in [-0.3, -0.25) is 4.79 Å². The molecule has 1 saturated heterocycles. The predicted molar refractivity (Wildman–Crippen MR) is 119 cm³/mol. The molecule has 0 spiro atoms. The molecule has 2 heterocycles. The molecule has 3 atom stereocenters. The smallest absolute Gasteiger partial charge is 0.408 e. The van der Waals surface area contributed by atoms with Gasteiger partial charge in [0, 0.05) is 11.6 Å². The molecule has 2 N–H and O–H groups in total. The maximum absolute atomic E-state index is 13.5. The van der Waals surface area contributed by atoms with Crippen LogP contribution in [0.15, 0.2) is 16.7 Å². The molecular formula is C22H38N2O5Si.